The number of halogens is 9. The SMILES string of the molecule is F[Si](F)(F)CCCC12c3ccccc3C3(CCC[Si](F)(F)F)c4ccccc4C(CCC[Si](F)(F)F)(c4ccccc41)C23. The Labute approximate surface area is 248 Å². The van der Waals surface area contributed by atoms with E-state index in [9.17, 15) is 37.0 Å². The molecule has 0 spiro atoms. The summed E-state index contributed by atoms with van der Waals surface area (Å²) in [6, 6.07) is 19.7. The van der Waals surface area contributed by atoms with Crippen LogP contribution in [0.1, 0.15) is 71.9 Å². The molecule has 0 unspecified atom stereocenters. The van der Waals surface area contributed by atoms with E-state index >= 15 is 0 Å². The molecule has 0 radical (unpaired) electrons. The molecule has 0 heterocycles. The summed E-state index contributed by atoms with van der Waals surface area (Å²) in [5, 5.41) is 0. The van der Waals surface area contributed by atoms with Crippen molar-refractivity contribution in [3.63, 3.8) is 0 Å². The Morgan fingerprint density at radius 1 is 0.395 bits per heavy atom. The summed E-state index contributed by atoms with van der Waals surface area (Å²) in [6.45, 7) is 0. The minimum absolute atomic E-state index is 0.137. The standard InChI is InChI=1S/C31H31F9Si3/c32-41(33,34)19-7-16-29-22-10-1-2-11-23(22)30(17-8-20-42(35,36)37)26-14-5-6-15-27(26)31(28(29)30,18-9-21-43(38,39)40)25-13-4-3-12-24(25)29/h1-6,10-15,28H,7-9,16-21H2. The summed E-state index contributed by atoms with van der Waals surface area (Å²) in [7, 11) is -17.7. The van der Waals surface area contributed by atoms with Gasteiger partial charge in [-0.3, -0.25) is 0 Å². The second-order valence-corrected chi connectivity index (χ2v) is 17.6. The van der Waals surface area contributed by atoms with Crippen LogP contribution in [0.3, 0.4) is 0 Å². The highest BCUT2D eigenvalue weighted by atomic mass is 28.5. The molecule has 0 saturated carbocycles. The first-order valence-corrected chi connectivity index (χ1v) is 20.2. The lowest BCUT2D eigenvalue weighted by Gasteiger charge is -2.43. The van der Waals surface area contributed by atoms with Crippen LogP contribution in [0.2, 0.25) is 18.1 Å². The van der Waals surface area contributed by atoms with Crippen molar-refractivity contribution in [2.24, 2.45) is 5.92 Å². The summed E-state index contributed by atoms with van der Waals surface area (Å²) < 4.78 is 123. The first-order chi connectivity index (χ1) is 20.2. The number of fused-ring (bicyclic) bond motifs is 9. The fourth-order valence-electron chi connectivity index (χ4n) is 9.36. The summed E-state index contributed by atoms with van der Waals surface area (Å²) in [6.07, 6.45) is 0.000176. The third-order valence-corrected chi connectivity index (χ3v) is 13.0. The van der Waals surface area contributed by atoms with Crippen molar-refractivity contribution in [2.75, 3.05) is 0 Å². The highest BCUT2D eigenvalue weighted by molar-refractivity contribution is 6.59. The van der Waals surface area contributed by atoms with E-state index < -0.39 is 67.5 Å². The lowest BCUT2D eigenvalue weighted by Crippen LogP contribution is -2.44. The Bertz CT molecular complexity index is 1260. The molecule has 0 nitrogen and oxygen atoms in total. The molecule has 0 amide bonds. The Balaban J connectivity index is 1.64. The van der Waals surface area contributed by atoms with Gasteiger partial charge in [-0.1, -0.05) is 72.8 Å². The van der Waals surface area contributed by atoms with Crippen molar-refractivity contribution >= 4 is 27.2 Å². The maximum Gasteiger partial charge on any atom is 0.616 e. The quantitative estimate of drug-likeness (QED) is 0.103. The van der Waals surface area contributed by atoms with Crippen LogP contribution in [0.15, 0.2) is 72.8 Å². The third-order valence-electron chi connectivity index (χ3n) is 10.2. The van der Waals surface area contributed by atoms with Gasteiger partial charge in [-0.25, -0.2) is 37.0 Å². The highest BCUT2D eigenvalue weighted by Gasteiger charge is 2.76. The number of hydrogen-bond donors (Lipinski definition) is 0. The molecule has 0 aromatic heterocycles. The Morgan fingerprint density at radius 3 is 0.791 bits per heavy atom. The maximum absolute atomic E-state index is 13.7. The predicted molar refractivity (Wildman–Crippen MR) is 155 cm³/mol. The zero-order chi connectivity index (χ0) is 30.9. The Morgan fingerprint density at radius 2 is 0.605 bits per heavy atom. The van der Waals surface area contributed by atoms with Gasteiger partial charge in [0, 0.05) is 40.3 Å². The van der Waals surface area contributed by atoms with Crippen LogP contribution in [-0.2, 0) is 16.2 Å². The number of hydrogen-bond acceptors (Lipinski definition) is 0. The van der Waals surface area contributed by atoms with Crippen molar-refractivity contribution in [1.82, 2.24) is 0 Å². The van der Waals surface area contributed by atoms with E-state index in [0.29, 0.717) is 0 Å². The van der Waals surface area contributed by atoms with Gasteiger partial charge in [0.2, 0.25) is 0 Å². The van der Waals surface area contributed by atoms with Crippen molar-refractivity contribution in [3.05, 3.63) is 106 Å². The van der Waals surface area contributed by atoms with Crippen molar-refractivity contribution in [2.45, 2.75) is 72.9 Å². The van der Waals surface area contributed by atoms with Gasteiger partial charge in [-0.05, 0) is 71.9 Å². The Kier molecular flexibility index (Phi) is 7.40. The minimum Gasteiger partial charge on any atom is -0.238 e. The van der Waals surface area contributed by atoms with Crippen LogP contribution in [-0.4, -0.2) is 27.2 Å². The molecule has 0 fully saturated rings. The van der Waals surface area contributed by atoms with Crippen LogP contribution in [0.25, 0.3) is 0 Å². The molecule has 230 valence electrons. The van der Waals surface area contributed by atoms with Gasteiger partial charge in [0.1, 0.15) is 0 Å². The molecular formula is C31H31F9Si3. The number of rotatable bonds is 12. The Hall–Kier alpha value is -2.32. The topological polar surface area (TPSA) is 0 Å². The molecule has 0 saturated heterocycles. The first-order valence-electron chi connectivity index (χ1n) is 14.7. The lowest BCUT2D eigenvalue weighted by molar-refractivity contribution is 0.178. The molecule has 0 aliphatic heterocycles. The fourth-order valence-corrected chi connectivity index (χ4v) is 11.1. The summed E-state index contributed by atoms with van der Waals surface area (Å²) in [5.41, 5.74) is 2.05. The molecule has 3 aliphatic carbocycles. The van der Waals surface area contributed by atoms with Gasteiger partial charge in [0.05, 0.1) is 0 Å². The number of benzene rings is 3. The second kappa shape index (κ2) is 10.4. The van der Waals surface area contributed by atoms with Gasteiger partial charge >= 0.3 is 27.2 Å². The fraction of sp³-hybridized carbons (Fsp3) is 0.419. The average molecular weight is 659 g/mol. The molecule has 12 heteroatoms. The van der Waals surface area contributed by atoms with Gasteiger partial charge in [0.25, 0.3) is 0 Å². The van der Waals surface area contributed by atoms with E-state index in [2.05, 4.69) is 0 Å². The predicted octanol–water partition coefficient (Wildman–Crippen LogP) is 10.4. The summed E-state index contributed by atoms with van der Waals surface area (Å²) in [4.78, 5) is 0. The average Bonchev–Trinajstić information content (AvgIpc) is 3.43. The monoisotopic (exact) mass is 658 g/mol. The largest absolute Gasteiger partial charge is 0.616 e. The van der Waals surface area contributed by atoms with E-state index in [4.69, 9.17) is 0 Å². The second-order valence-electron chi connectivity index (χ2n) is 12.4. The van der Waals surface area contributed by atoms with Crippen LogP contribution in [0.4, 0.5) is 37.0 Å². The van der Waals surface area contributed by atoms with E-state index in [1.54, 1.807) is 0 Å². The first kappa shape index (κ1) is 30.7. The van der Waals surface area contributed by atoms with Crippen LogP contribution in [0.5, 0.6) is 0 Å². The van der Waals surface area contributed by atoms with E-state index in [1.807, 2.05) is 72.8 Å². The zero-order valence-corrected chi connectivity index (χ0v) is 26.3. The molecule has 3 aromatic carbocycles. The van der Waals surface area contributed by atoms with Gasteiger partial charge in [-0.15, -0.1) is 0 Å². The van der Waals surface area contributed by atoms with Crippen LogP contribution >= 0.6 is 0 Å². The molecule has 3 aromatic rings. The van der Waals surface area contributed by atoms with E-state index in [-0.39, 0.29) is 38.5 Å². The van der Waals surface area contributed by atoms with Crippen molar-refractivity contribution in [1.29, 1.82) is 0 Å². The van der Waals surface area contributed by atoms with Gasteiger partial charge in [-0.2, -0.15) is 0 Å². The molecule has 43 heavy (non-hydrogen) atoms. The van der Waals surface area contributed by atoms with Crippen molar-refractivity contribution in [3.8, 4) is 0 Å². The minimum atomic E-state index is -5.90. The van der Waals surface area contributed by atoms with Gasteiger partial charge in [0.15, 0.2) is 0 Å². The lowest BCUT2D eigenvalue weighted by atomic mass is 9.58. The van der Waals surface area contributed by atoms with Gasteiger partial charge < -0.3 is 0 Å². The molecule has 3 aliphatic rings. The summed E-state index contributed by atoms with van der Waals surface area (Å²) >= 11 is 0. The highest BCUT2D eigenvalue weighted by Crippen LogP contribution is 2.79. The molecule has 0 bridgehead atoms. The molecule has 0 N–H and O–H groups in total. The molecular weight excluding hydrogens is 628 g/mol. The normalized spacial score (nSPS) is 27.1. The third kappa shape index (κ3) is 4.77. The van der Waals surface area contributed by atoms with E-state index in [1.165, 1.54) is 0 Å². The maximum atomic E-state index is 13.7. The van der Waals surface area contributed by atoms with Crippen molar-refractivity contribution < 1.29 is 37.0 Å². The molecule has 6 rings (SSSR count). The summed E-state index contributed by atoms with van der Waals surface area (Å²) in [5.74, 6) is -0.514. The van der Waals surface area contributed by atoms with Crippen LogP contribution in [0, 0.1) is 5.92 Å². The molecule has 0 atom stereocenters. The smallest absolute Gasteiger partial charge is 0.238 e. The zero-order valence-electron chi connectivity index (χ0n) is 23.3. The van der Waals surface area contributed by atoms with E-state index in [0.717, 1.165) is 33.4 Å². The van der Waals surface area contributed by atoms with Crippen LogP contribution < -0.4 is 0 Å².